The SMILES string of the molecule is COc1ccc(-c2nsc3c(=O)n(CCc4ccc(OC)c(OC)c4)cnc23)cc1. The lowest BCUT2D eigenvalue weighted by molar-refractivity contribution is 0.354. The molecule has 0 unspecified atom stereocenters. The van der Waals surface area contributed by atoms with E-state index in [9.17, 15) is 4.79 Å². The first-order valence-electron chi connectivity index (χ1n) is 9.34. The Morgan fingerprint density at radius 3 is 2.43 bits per heavy atom. The smallest absolute Gasteiger partial charge is 0.272 e. The van der Waals surface area contributed by atoms with Crippen LogP contribution in [0.25, 0.3) is 21.5 Å². The second-order valence-corrected chi connectivity index (χ2v) is 7.39. The molecular formula is C22H21N3O4S. The Balaban J connectivity index is 1.59. The summed E-state index contributed by atoms with van der Waals surface area (Å²) in [6.07, 6.45) is 2.25. The van der Waals surface area contributed by atoms with Crippen molar-refractivity contribution in [3.8, 4) is 28.5 Å². The Labute approximate surface area is 177 Å². The summed E-state index contributed by atoms with van der Waals surface area (Å²) in [6.45, 7) is 0.507. The molecule has 0 aliphatic carbocycles. The standard InChI is InChI=1S/C22H21N3O4S/c1-27-16-7-5-15(6-8-16)19-20-21(30-24-19)22(26)25(13-23-20)11-10-14-4-9-17(28-2)18(12-14)29-3/h4-9,12-13H,10-11H2,1-3H3. The third-order valence-corrected chi connectivity index (χ3v) is 5.73. The summed E-state index contributed by atoms with van der Waals surface area (Å²) < 4.78 is 22.5. The van der Waals surface area contributed by atoms with E-state index in [1.165, 1.54) is 11.5 Å². The lowest BCUT2D eigenvalue weighted by atomic mass is 10.1. The van der Waals surface area contributed by atoms with Crippen LogP contribution in [0.15, 0.2) is 53.6 Å². The number of benzene rings is 2. The van der Waals surface area contributed by atoms with Gasteiger partial charge >= 0.3 is 0 Å². The van der Waals surface area contributed by atoms with Crippen molar-refractivity contribution in [3.63, 3.8) is 0 Å². The quantitative estimate of drug-likeness (QED) is 0.450. The van der Waals surface area contributed by atoms with E-state index in [4.69, 9.17) is 14.2 Å². The van der Waals surface area contributed by atoms with E-state index in [2.05, 4.69) is 9.36 Å². The predicted octanol–water partition coefficient (Wildman–Crippen LogP) is 3.79. The molecular weight excluding hydrogens is 402 g/mol. The van der Waals surface area contributed by atoms with Crippen LogP contribution in [0, 0.1) is 0 Å². The highest BCUT2D eigenvalue weighted by Crippen LogP contribution is 2.29. The molecule has 0 bridgehead atoms. The van der Waals surface area contributed by atoms with Gasteiger partial charge in [0.1, 0.15) is 21.7 Å². The van der Waals surface area contributed by atoms with Crippen molar-refractivity contribution in [1.29, 1.82) is 0 Å². The van der Waals surface area contributed by atoms with Gasteiger partial charge in [-0.3, -0.25) is 9.36 Å². The third-order valence-electron chi connectivity index (χ3n) is 4.90. The molecule has 2 aromatic carbocycles. The Kier molecular flexibility index (Phi) is 5.67. The zero-order chi connectivity index (χ0) is 21.1. The molecule has 4 aromatic rings. The largest absolute Gasteiger partial charge is 0.497 e. The zero-order valence-corrected chi connectivity index (χ0v) is 17.7. The molecule has 0 aliphatic heterocycles. The van der Waals surface area contributed by atoms with E-state index in [-0.39, 0.29) is 5.56 Å². The minimum absolute atomic E-state index is 0.0854. The van der Waals surface area contributed by atoms with Crippen molar-refractivity contribution in [3.05, 3.63) is 64.7 Å². The number of fused-ring (bicyclic) bond motifs is 1. The van der Waals surface area contributed by atoms with Crippen LogP contribution < -0.4 is 19.8 Å². The van der Waals surface area contributed by atoms with Gasteiger partial charge in [0.05, 0.1) is 27.7 Å². The van der Waals surface area contributed by atoms with E-state index < -0.39 is 0 Å². The summed E-state index contributed by atoms with van der Waals surface area (Å²) >= 11 is 1.18. The maximum atomic E-state index is 12.9. The maximum Gasteiger partial charge on any atom is 0.272 e. The number of aryl methyl sites for hydroxylation is 2. The van der Waals surface area contributed by atoms with Gasteiger partial charge in [-0.25, -0.2) is 4.98 Å². The van der Waals surface area contributed by atoms with Gasteiger partial charge in [-0.2, -0.15) is 4.37 Å². The lowest BCUT2D eigenvalue weighted by Crippen LogP contribution is -2.20. The van der Waals surface area contributed by atoms with Gasteiger partial charge in [0, 0.05) is 12.1 Å². The lowest BCUT2D eigenvalue weighted by Gasteiger charge is -2.10. The van der Waals surface area contributed by atoms with E-state index in [0.717, 1.165) is 16.9 Å². The number of aromatic nitrogens is 3. The predicted molar refractivity (Wildman–Crippen MR) is 117 cm³/mol. The van der Waals surface area contributed by atoms with Gasteiger partial charge in [-0.1, -0.05) is 6.07 Å². The fraction of sp³-hybridized carbons (Fsp3) is 0.227. The van der Waals surface area contributed by atoms with Gasteiger partial charge in [0.2, 0.25) is 0 Å². The number of hydrogen-bond acceptors (Lipinski definition) is 7. The summed E-state index contributed by atoms with van der Waals surface area (Å²) in [6, 6.07) is 13.3. The Hall–Kier alpha value is -3.39. The van der Waals surface area contributed by atoms with Gasteiger partial charge in [-0.05, 0) is 59.9 Å². The van der Waals surface area contributed by atoms with Gasteiger partial charge in [0.25, 0.3) is 5.56 Å². The molecule has 0 saturated carbocycles. The van der Waals surface area contributed by atoms with Crippen molar-refractivity contribution >= 4 is 21.7 Å². The van der Waals surface area contributed by atoms with E-state index in [1.807, 2.05) is 42.5 Å². The molecule has 0 radical (unpaired) electrons. The Morgan fingerprint density at radius 2 is 1.73 bits per heavy atom. The molecule has 0 amide bonds. The van der Waals surface area contributed by atoms with Crippen LogP contribution in [0.3, 0.4) is 0 Å². The summed E-state index contributed by atoms with van der Waals surface area (Å²) in [5.41, 5.74) is 3.19. The maximum absolute atomic E-state index is 12.9. The Bertz CT molecular complexity index is 1230. The second kappa shape index (κ2) is 8.54. The molecule has 2 heterocycles. The fourth-order valence-corrected chi connectivity index (χ4v) is 4.04. The number of methoxy groups -OCH3 is 3. The molecule has 154 valence electrons. The molecule has 2 aromatic heterocycles. The number of rotatable bonds is 7. The summed E-state index contributed by atoms with van der Waals surface area (Å²) in [4.78, 5) is 17.5. The topological polar surface area (TPSA) is 75.5 Å². The first kappa shape index (κ1) is 19.9. The average Bonchev–Trinajstić information content (AvgIpc) is 3.23. The first-order chi connectivity index (χ1) is 14.6. The van der Waals surface area contributed by atoms with Crippen LogP contribution in [0.2, 0.25) is 0 Å². The highest BCUT2D eigenvalue weighted by Gasteiger charge is 2.14. The van der Waals surface area contributed by atoms with Crippen molar-refractivity contribution in [2.24, 2.45) is 0 Å². The van der Waals surface area contributed by atoms with Crippen LogP contribution in [0.4, 0.5) is 0 Å². The normalized spacial score (nSPS) is 10.9. The van der Waals surface area contributed by atoms with Gasteiger partial charge in [0.15, 0.2) is 11.5 Å². The molecule has 8 heteroatoms. The molecule has 0 saturated heterocycles. The van der Waals surface area contributed by atoms with Crippen molar-refractivity contribution < 1.29 is 14.2 Å². The molecule has 30 heavy (non-hydrogen) atoms. The highest BCUT2D eigenvalue weighted by molar-refractivity contribution is 7.13. The van der Waals surface area contributed by atoms with Crippen molar-refractivity contribution in [2.75, 3.05) is 21.3 Å². The zero-order valence-electron chi connectivity index (χ0n) is 16.9. The summed E-state index contributed by atoms with van der Waals surface area (Å²) in [7, 11) is 4.83. The van der Waals surface area contributed by atoms with Crippen LogP contribution in [-0.4, -0.2) is 35.3 Å². The molecule has 0 fully saturated rings. The molecule has 0 atom stereocenters. The number of nitrogens with zero attached hydrogens (tertiary/aromatic N) is 3. The van der Waals surface area contributed by atoms with E-state index in [1.54, 1.807) is 32.2 Å². The average molecular weight is 423 g/mol. The summed E-state index contributed by atoms with van der Waals surface area (Å²) in [5, 5.41) is 0. The van der Waals surface area contributed by atoms with Crippen LogP contribution in [0.1, 0.15) is 5.56 Å². The molecule has 4 rings (SSSR count). The highest BCUT2D eigenvalue weighted by atomic mass is 32.1. The molecule has 7 nitrogen and oxygen atoms in total. The van der Waals surface area contributed by atoms with Crippen molar-refractivity contribution in [2.45, 2.75) is 13.0 Å². The van der Waals surface area contributed by atoms with Crippen LogP contribution in [0.5, 0.6) is 17.2 Å². The second-order valence-electron chi connectivity index (χ2n) is 6.62. The molecule has 0 N–H and O–H groups in total. The molecule has 0 spiro atoms. The number of hydrogen-bond donors (Lipinski definition) is 0. The fourth-order valence-electron chi connectivity index (χ4n) is 3.24. The van der Waals surface area contributed by atoms with Gasteiger partial charge < -0.3 is 14.2 Å². The van der Waals surface area contributed by atoms with Crippen LogP contribution >= 0.6 is 11.5 Å². The van der Waals surface area contributed by atoms with E-state index in [0.29, 0.717) is 40.4 Å². The summed E-state index contributed by atoms with van der Waals surface area (Å²) in [5.74, 6) is 2.11. The van der Waals surface area contributed by atoms with Gasteiger partial charge in [-0.15, -0.1) is 0 Å². The number of ether oxygens (including phenoxy) is 3. The monoisotopic (exact) mass is 423 g/mol. The minimum atomic E-state index is -0.0854. The van der Waals surface area contributed by atoms with E-state index >= 15 is 0 Å². The van der Waals surface area contributed by atoms with Crippen molar-refractivity contribution in [1.82, 2.24) is 13.9 Å². The Morgan fingerprint density at radius 1 is 0.967 bits per heavy atom. The molecule has 0 aliphatic rings. The minimum Gasteiger partial charge on any atom is -0.497 e. The first-order valence-corrected chi connectivity index (χ1v) is 10.1. The van der Waals surface area contributed by atoms with Crippen LogP contribution in [-0.2, 0) is 13.0 Å². The third kappa shape index (κ3) is 3.73.